The van der Waals surface area contributed by atoms with Crippen molar-refractivity contribution in [2.24, 2.45) is 0 Å². The Labute approximate surface area is 140 Å². The fourth-order valence-electron chi connectivity index (χ4n) is 1.75. The average Bonchev–Trinajstić information content (AvgIpc) is 2.53. The molecule has 0 aliphatic heterocycles. The van der Waals surface area contributed by atoms with E-state index in [2.05, 4.69) is 0 Å². The summed E-state index contributed by atoms with van der Waals surface area (Å²) in [4.78, 5) is 9.62. The molecule has 0 aromatic heterocycles. The minimum Gasteiger partial charge on any atom is -0.492 e. The normalized spacial score (nSPS) is 9.58. The van der Waals surface area contributed by atoms with E-state index < -0.39 is 4.92 Å². The maximum absolute atomic E-state index is 10.1. The highest BCUT2D eigenvalue weighted by Crippen LogP contribution is 2.32. The van der Waals surface area contributed by atoms with Crippen LogP contribution >= 0.6 is 0 Å². The Kier molecular flexibility index (Phi) is 7.15. The third kappa shape index (κ3) is 5.56. The molecule has 0 amide bonds. The number of anilines is 3. The first-order valence-corrected chi connectivity index (χ1v) is 7.33. The van der Waals surface area contributed by atoms with Crippen LogP contribution in [-0.2, 0) is 0 Å². The second kappa shape index (κ2) is 9.09. The summed E-state index contributed by atoms with van der Waals surface area (Å²) in [7, 11) is 0. The average molecular weight is 334 g/mol. The van der Waals surface area contributed by atoms with Gasteiger partial charge in [0.2, 0.25) is 0 Å². The van der Waals surface area contributed by atoms with Crippen molar-refractivity contribution in [1.82, 2.24) is 0 Å². The molecule has 0 radical (unpaired) electrons. The van der Waals surface area contributed by atoms with E-state index in [-0.39, 0.29) is 5.69 Å². The molecule has 0 fully saturated rings. The predicted molar refractivity (Wildman–Crippen MR) is 95.1 cm³/mol. The van der Waals surface area contributed by atoms with Crippen LogP contribution in [0.1, 0.15) is 13.8 Å². The van der Waals surface area contributed by atoms with Gasteiger partial charge in [0.05, 0.1) is 29.5 Å². The third-order valence-corrected chi connectivity index (χ3v) is 2.85. The molecule has 2 aromatic carbocycles. The van der Waals surface area contributed by atoms with Gasteiger partial charge in [-0.2, -0.15) is 0 Å². The highest BCUT2D eigenvalue weighted by atomic mass is 16.6. The Morgan fingerprint density at radius 3 is 1.67 bits per heavy atom. The number of benzene rings is 2. The number of nitrogens with zero attached hydrogens (tertiary/aromatic N) is 1. The summed E-state index contributed by atoms with van der Waals surface area (Å²) in [5, 5.41) is 10.1. The van der Waals surface area contributed by atoms with Gasteiger partial charge in [0.15, 0.2) is 0 Å². The molecule has 0 atom stereocenters. The number of rotatable bonds is 5. The van der Waals surface area contributed by atoms with Crippen LogP contribution in [-0.4, -0.2) is 18.1 Å². The van der Waals surface area contributed by atoms with E-state index >= 15 is 0 Å². The third-order valence-electron chi connectivity index (χ3n) is 2.85. The molecule has 0 aliphatic rings. The van der Waals surface area contributed by atoms with Crippen molar-refractivity contribution in [2.75, 3.05) is 30.4 Å². The van der Waals surface area contributed by atoms with E-state index in [1.165, 1.54) is 24.3 Å². The van der Waals surface area contributed by atoms with Gasteiger partial charge in [0.1, 0.15) is 11.5 Å². The van der Waals surface area contributed by atoms with Crippen LogP contribution in [0.25, 0.3) is 0 Å². The van der Waals surface area contributed by atoms with E-state index in [1.807, 2.05) is 13.8 Å². The molecule has 0 bridgehead atoms. The summed E-state index contributed by atoms with van der Waals surface area (Å²) in [6.07, 6.45) is 0. The zero-order chi connectivity index (χ0) is 18.1. The summed E-state index contributed by atoms with van der Waals surface area (Å²) in [6, 6.07) is 9.11. The van der Waals surface area contributed by atoms with Gasteiger partial charge >= 0.3 is 0 Å². The summed E-state index contributed by atoms with van der Waals surface area (Å²) < 4.78 is 10.6. The Bertz CT molecular complexity index is 643. The van der Waals surface area contributed by atoms with Gasteiger partial charge in [0.25, 0.3) is 5.69 Å². The van der Waals surface area contributed by atoms with Crippen molar-refractivity contribution in [1.29, 1.82) is 0 Å². The molecule has 2 rings (SSSR count). The molecule has 0 saturated heterocycles. The van der Waals surface area contributed by atoms with Gasteiger partial charge in [-0.05, 0) is 26.0 Å². The quantitative estimate of drug-likeness (QED) is 0.434. The van der Waals surface area contributed by atoms with E-state index in [0.29, 0.717) is 41.8 Å². The van der Waals surface area contributed by atoms with Gasteiger partial charge in [-0.25, -0.2) is 0 Å². The largest absolute Gasteiger partial charge is 0.492 e. The SMILES string of the molecule is CCOc1cc(N)c(OCC)cc1N.Nc1ccc([N+](=O)[O-])cc1. The van der Waals surface area contributed by atoms with Crippen LogP contribution in [0.2, 0.25) is 0 Å². The van der Waals surface area contributed by atoms with Gasteiger partial charge in [0, 0.05) is 30.0 Å². The minimum absolute atomic E-state index is 0.0641. The lowest BCUT2D eigenvalue weighted by Gasteiger charge is -2.11. The fourth-order valence-corrected chi connectivity index (χ4v) is 1.75. The van der Waals surface area contributed by atoms with Crippen molar-refractivity contribution in [3.05, 3.63) is 46.5 Å². The van der Waals surface area contributed by atoms with Crippen LogP contribution in [0.3, 0.4) is 0 Å². The lowest BCUT2D eigenvalue weighted by molar-refractivity contribution is -0.384. The molecule has 0 aliphatic carbocycles. The van der Waals surface area contributed by atoms with Crippen LogP contribution in [0.15, 0.2) is 36.4 Å². The summed E-state index contributed by atoms with van der Waals surface area (Å²) in [6.45, 7) is 4.92. The number of nitro benzene ring substituents is 1. The fraction of sp³-hybridized carbons (Fsp3) is 0.250. The van der Waals surface area contributed by atoms with Crippen LogP contribution in [0.4, 0.5) is 22.7 Å². The molecule has 0 saturated carbocycles. The Hall–Kier alpha value is -3.16. The molecule has 0 unspecified atom stereocenters. The first kappa shape index (κ1) is 18.9. The maximum atomic E-state index is 10.1. The molecule has 8 nitrogen and oxygen atoms in total. The highest BCUT2D eigenvalue weighted by molar-refractivity contribution is 5.67. The van der Waals surface area contributed by atoms with Crippen molar-refractivity contribution < 1.29 is 14.4 Å². The number of ether oxygens (including phenoxy) is 2. The smallest absolute Gasteiger partial charge is 0.269 e. The summed E-state index contributed by atoms with van der Waals surface area (Å²) in [5.41, 5.74) is 18.5. The maximum Gasteiger partial charge on any atom is 0.269 e. The van der Waals surface area contributed by atoms with E-state index in [1.54, 1.807) is 12.1 Å². The van der Waals surface area contributed by atoms with Crippen molar-refractivity contribution in [3.63, 3.8) is 0 Å². The van der Waals surface area contributed by atoms with Crippen LogP contribution < -0.4 is 26.7 Å². The van der Waals surface area contributed by atoms with Crippen molar-refractivity contribution in [2.45, 2.75) is 13.8 Å². The van der Waals surface area contributed by atoms with E-state index in [0.717, 1.165) is 0 Å². The molecule has 6 N–H and O–H groups in total. The minimum atomic E-state index is -0.459. The number of hydrogen-bond donors (Lipinski definition) is 3. The number of non-ortho nitro benzene ring substituents is 1. The molecule has 0 spiro atoms. The lowest BCUT2D eigenvalue weighted by atomic mass is 10.2. The molecule has 0 heterocycles. The van der Waals surface area contributed by atoms with Gasteiger partial charge in [-0.1, -0.05) is 0 Å². The second-order valence-electron chi connectivity index (χ2n) is 4.64. The topological polar surface area (TPSA) is 140 Å². The number of nitrogens with two attached hydrogens (primary N) is 3. The standard InChI is InChI=1S/C10H16N2O2.C6H6N2O2/c1-3-13-9-5-8(12)10(14-4-2)6-7(9)11;7-5-1-3-6(4-2-5)8(9)10/h5-6H,3-4,11-12H2,1-2H3;1-4H,7H2. The highest BCUT2D eigenvalue weighted by Gasteiger charge is 2.06. The zero-order valence-electron chi connectivity index (χ0n) is 13.7. The molecule has 2 aromatic rings. The van der Waals surface area contributed by atoms with E-state index in [4.69, 9.17) is 26.7 Å². The van der Waals surface area contributed by atoms with Gasteiger partial charge in [-0.15, -0.1) is 0 Å². The molecular weight excluding hydrogens is 312 g/mol. The second-order valence-corrected chi connectivity index (χ2v) is 4.64. The van der Waals surface area contributed by atoms with Crippen LogP contribution in [0.5, 0.6) is 11.5 Å². The Balaban J connectivity index is 0.000000254. The lowest BCUT2D eigenvalue weighted by Crippen LogP contribution is -2.02. The van der Waals surface area contributed by atoms with Crippen molar-refractivity contribution in [3.8, 4) is 11.5 Å². The van der Waals surface area contributed by atoms with E-state index in [9.17, 15) is 10.1 Å². The number of hydrogen-bond acceptors (Lipinski definition) is 7. The Morgan fingerprint density at radius 1 is 0.917 bits per heavy atom. The molecule has 130 valence electrons. The molecule has 8 heteroatoms. The number of nitrogen functional groups attached to an aromatic ring is 3. The van der Waals surface area contributed by atoms with Crippen molar-refractivity contribution >= 4 is 22.7 Å². The zero-order valence-corrected chi connectivity index (χ0v) is 13.7. The number of nitro groups is 1. The first-order chi connectivity index (χ1) is 11.4. The van der Waals surface area contributed by atoms with Gasteiger partial charge < -0.3 is 26.7 Å². The predicted octanol–water partition coefficient (Wildman–Crippen LogP) is 2.83. The van der Waals surface area contributed by atoms with Gasteiger partial charge in [-0.3, -0.25) is 10.1 Å². The Morgan fingerprint density at radius 2 is 1.33 bits per heavy atom. The summed E-state index contributed by atoms with van der Waals surface area (Å²) in [5.74, 6) is 1.21. The monoisotopic (exact) mass is 334 g/mol. The first-order valence-electron chi connectivity index (χ1n) is 7.33. The molecule has 24 heavy (non-hydrogen) atoms. The van der Waals surface area contributed by atoms with Crippen LogP contribution in [0, 0.1) is 10.1 Å². The summed E-state index contributed by atoms with van der Waals surface area (Å²) >= 11 is 0. The molecular formula is C16H22N4O4.